The minimum Gasteiger partial charge on any atom is -0.366 e. The predicted octanol–water partition coefficient (Wildman–Crippen LogP) is 2.65. The first-order chi connectivity index (χ1) is 9.77. The van der Waals surface area contributed by atoms with E-state index in [0.717, 1.165) is 6.07 Å². The van der Waals surface area contributed by atoms with Gasteiger partial charge in [0.15, 0.2) is 0 Å². The molecule has 0 saturated heterocycles. The Hall–Kier alpha value is -2.64. The fourth-order valence-electron chi connectivity index (χ4n) is 1.70. The van der Waals surface area contributed by atoms with Crippen molar-refractivity contribution in [3.8, 4) is 0 Å². The second kappa shape index (κ2) is 5.39. The number of amides is 1. The summed E-state index contributed by atoms with van der Waals surface area (Å²) >= 11 is 0. The third-order valence-electron chi connectivity index (χ3n) is 2.58. The molecular weight excluding hydrogens is 285 g/mol. The minimum absolute atomic E-state index is 0.135. The van der Waals surface area contributed by atoms with E-state index in [0.29, 0.717) is 0 Å². The molecule has 0 atom stereocenters. The Morgan fingerprint density at radius 1 is 1.24 bits per heavy atom. The van der Waals surface area contributed by atoms with Crippen LogP contribution in [-0.2, 0) is 6.18 Å². The summed E-state index contributed by atoms with van der Waals surface area (Å²) in [7, 11) is 0. The van der Waals surface area contributed by atoms with Crippen LogP contribution in [0.3, 0.4) is 0 Å². The van der Waals surface area contributed by atoms with E-state index < -0.39 is 17.8 Å². The first-order valence-corrected chi connectivity index (χ1v) is 5.86. The lowest BCUT2D eigenvalue weighted by molar-refractivity contribution is -0.141. The van der Waals surface area contributed by atoms with Crippen LogP contribution in [0.1, 0.15) is 21.7 Å². The lowest BCUT2D eigenvalue weighted by atomic mass is 10.1. The predicted molar refractivity (Wildman–Crippen MR) is 70.0 cm³/mol. The molecule has 0 aliphatic rings. The Labute approximate surface area is 118 Å². The number of aryl methyl sites for hydroxylation is 1. The van der Waals surface area contributed by atoms with E-state index in [-0.39, 0.29) is 22.9 Å². The van der Waals surface area contributed by atoms with Crippen molar-refractivity contribution in [1.29, 1.82) is 0 Å². The summed E-state index contributed by atoms with van der Waals surface area (Å²) in [5, 5.41) is 2.58. The molecule has 0 radical (unpaired) electrons. The van der Waals surface area contributed by atoms with Crippen LogP contribution in [0, 0.1) is 6.92 Å². The number of halogens is 3. The fraction of sp³-hybridized carbons (Fsp3) is 0.154. The van der Waals surface area contributed by atoms with Gasteiger partial charge in [0.1, 0.15) is 5.69 Å². The average Bonchev–Trinajstić information content (AvgIpc) is 2.37. The number of benzene rings is 1. The molecule has 21 heavy (non-hydrogen) atoms. The van der Waals surface area contributed by atoms with Crippen molar-refractivity contribution in [3.63, 3.8) is 0 Å². The number of nitrogens with two attached hydrogens (primary N) is 1. The summed E-state index contributed by atoms with van der Waals surface area (Å²) < 4.78 is 38.1. The molecule has 110 valence electrons. The van der Waals surface area contributed by atoms with Gasteiger partial charge in [0.05, 0.1) is 11.3 Å². The normalized spacial score (nSPS) is 11.2. The molecule has 1 heterocycles. The van der Waals surface area contributed by atoms with E-state index in [2.05, 4.69) is 15.3 Å². The molecular formula is C13H11F3N4O. The number of primary amides is 1. The number of anilines is 2. The van der Waals surface area contributed by atoms with E-state index in [9.17, 15) is 18.0 Å². The highest BCUT2D eigenvalue weighted by Crippen LogP contribution is 2.29. The largest absolute Gasteiger partial charge is 0.433 e. The van der Waals surface area contributed by atoms with Crippen molar-refractivity contribution in [2.75, 3.05) is 5.32 Å². The second-order valence-corrected chi connectivity index (χ2v) is 4.25. The number of carbonyl (C=O) groups excluding carboxylic acids is 1. The van der Waals surface area contributed by atoms with Crippen LogP contribution in [0.15, 0.2) is 30.3 Å². The Balaban J connectivity index is 2.41. The van der Waals surface area contributed by atoms with Gasteiger partial charge in [-0.3, -0.25) is 4.79 Å². The molecule has 0 aliphatic heterocycles. The van der Waals surface area contributed by atoms with E-state index in [4.69, 9.17) is 5.73 Å². The zero-order chi connectivity index (χ0) is 15.6. The summed E-state index contributed by atoms with van der Waals surface area (Å²) in [4.78, 5) is 18.5. The van der Waals surface area contributed by atoms with Crippen LogP contribution >= 0.6 is 0 Å². The Morgan fingerprint density at radius 3 is 2.52 bits per heavy atom. The molecule has 0 fully saturated rings. The SMILES string of the molecule is Cc1cc(C(F)(F)F)nc(Nc2ccccc2C(N)=O)n1. The van der Waals surface area contributed by atoms with Crippen LogP contribution in [0.4, 0.5) is 24.8 Å². The number of aromatic nitrogens is 2. The maximum absolute atomic E-state index is 12.7. The molecule has 3 N–H and O–H groups in total. The van der Waals surface area contributed by atoms with Gasteiger partial charge in [-0.15, -0.1) is 0 Å². The molecule has 5 nitrogen and oxygen atoms in total. The summed E-state index contributed by atoms with van der Waals surface area (Å²) in [6.07, 6.45) is -4.58. The molecule has 0 bridgehead atoms. The van der Waals surface area contributed by atoms with E-state index in [1.54, 1.807) is 12.1 Å². The Bertz CT molecular complexity index is 685. The van der Waals surface area contributed by atoms with E-state index in [1.165, 1.54) is 19.1 Å². The van der Waals surface area contributed by atoms with Gasteiger partial charge in [0, 0.05) is 5.69 Å². The maximum atomic E-state index is 12.7. The Morgan fingerprint density at radius 2 is 1.90 bits per heavy atom. The van der Waals surface area contributed by atoms with Gasteiger partial charge in [0.25, 0.3) is 5.91 Å². The number of nitrogens with zero attached hydrogens (tertiary/aromatic N) is 2. The Kier molecular flexibility index (Phi) is 3.79. The zero-order valence-electron chi connectivity index (χ0n) is 10.9. The topological polar surface area (TPSA) is 80.9 Å². The van der Waals surface area contributed by atoms with Crippen molar-refractivity contribution in [1.82, 2.24) is 9.97 Å². The quantitative estimate of drug-likeness (QED) is 0.912. The molecule has 0 unspecified atom stereocenters. The van der Waals surface area contributed by atoms with Crippen molar-refractivity contribution in [3.05, 3.63) is 47.3 Å². The number of nitrogens with one attached hydrogen (secondary N) is 1. The number of para-hydroxylation sites is 1. The van der Waals surface area contributed by atoms with Crippen molar-refractivity contribution < 1.29 is 18.0 Å². The van der Waals surface area contributed by atoms with Gasteiger partial charge < -0.3 is 11.1 Å². The zero-order valence-corrected chi connectivity index (χ0v) is 10.9. The number of rotatable bonds is 3. The molecule has 2 aromatic rings. The highest BCUT2D eigenvalue weighted by Gasteiger charge is 2.33. The van der Waals surface area contributed by atoms with Gasteiger partial charge in [0.2, 0.25) is 5.95 Å². The van der Waals surface area contributed by atoms with Gasteiger partial charge in [-0.05, 0) is 25.1 Å². The van der Waals surface area contributed by atoms with Crippen molar-refractivity contribution in [2.24, 2.45) is 5.73 Å². The number of alkyl halides is 3. The van der Waals surface area contributed by atoms with Crippen LogP contribution in [0.5, 0.6) is 0 Å². The number of hydrogen-bond donors (Lipinski definition) is 2. The first-order valence-electron chi connectivity index (χ1n) is 5.86. The number of carbonyl (C=O) groups is 1. The lowest BCUT2D eigenvalue weighted by Gasteiger charge is -2.11. The van der Waals surface area contributed by atoms with Gasteiger partial charge in [-0.25, -0.2) is 9.97 Å². The molecule has 1 amide bonds. The highest BCUT2D eigenvalue weighted by atomic mass is 19.4. The highest BCUT2D eigenvalue weighted by molar-refractivity contribution is 5.98. The lowest BCUT2D eigenvalue weighted by Crippen LogP contribution is -2.15. The summed E-state index contributed by atoms with van der Waals surface area (Å²) in [5.41, 5.74) is 4.66. The molecule has 0 spiro atoms. The molecule has 1 aromatic heterocycles. The molecule has 2 rings (SSSR count). The monoisotopic (exact) mass is 296 g/mol. The smallest absolute Gasteiger partial charge is 0.366 e. The van der Waals surface area contributed by atoms with E-state index >= 15 is 0 Å². The van der Waals surface area contributed by atoms with Gasteiger partial charge in [-0.1, -0.05) is 12.1 Å². The van der Waals surface area contributed by atoms with Crippen LogP contribution in [0.25, 0.3) is 0 Å². The van der Waals surface area contributed by atoms with Crippen molar-refractivity contribution >= 4 is 17.5 Å². The fourth-order valence-corrected chi connectivity index (χ4v) is 1.70. The average molecular weight is 296 g/mol. The summed E-state index contributed by atoms with van der Waals surface area (Å²) in [6.45, 7) is 1.42. The minimum atomic E-state index is -4.58. The molecule has 8 heteroatoms. The number of hydrogen-bond acceptors (Lipinski definition) is 4. The van der Waals surface area contributed by atoms with Crippen LogP contribution in [-0.4, -0.2) is 15.9 Å². The molecule has 0 aliphatic carbocycles. The third kappa shape index (κ3) is 3.47. The van der Waals surface area contributed by atoms with Crippen LogP contribution < -0.4 is 11.1 Å². The van der Waals surface area contributed by atoms with Gasteiger partial charge in [-0.2, -0.15) is 13.2 Å². The maximum Gasteiger partial charge on any atom is 0.433 e. The van der Waals surface area contributed by atoms with Crippen LogP contribution in [0.2, 0.25) is 0 Å². The standard InChI is InChI=1S/C13H11F3N4O/c1-7-6-10(13(14,15)16)20-12(18-7)19-9-5-3-2-4-8(9)11(17)21/h2-6H,1H3,(H2,17,21)(H,18,19,20). The second-order valence-electron chi connectivity index (χ2n) is 4.25. The summed E-state index contributed by atoms with van der Waals surface area (Å²) in [5.74, 6) is -0.960. The first kappa shape index (κ1) is 14.8. The molecule has 1 aromatic carbocycles. The molecule has 0 saturated carbocycles. The summed E-state index contributed by atoms with van der Waals surface area (Å²) in [6, 6.07) is 6.98. The van der Waals surface area contributed by atoms with E-state index in [1.807, 2.05) is 0 Å². The third-order valence-corrected chi connectivity index (χ3v) is 2.58. The van der Waals surface area contributed by atoms with Gasteiger partial charge >= 0.3 is 6.18 Å². The van der Waals surface area contributed by atoms with Crippen molar-refractivity contribution in [2.45, 2.75) is 13.1 Å².